The number of pyridine rings is 2. The highest BCUT2D eigenvalue weighted by atomic mass is 16.5. The monoisotopic (exact) mass is 400 g/mol. The summed E-state index contributed by atoms with van der Waals surface area (Å²) in [4.78, 5) is 38.4. The first kappa shape index (κ1) is 18.3. The van der Waals surface area contributed by atoms with Crippen LogP contribution in [-0.4, -0.2) is 45.4 Å². The minimum atomic E-state index is -0.590. The highest BCUT2D eigenvalue weighted by Gasteiger charge is 2.45. The molecular formula is C23H20N4O3. The molecule has 0 saturated carbocycles. The number of benzene rings is 1. The first-order valence-electron chi connectivity index (χ1n) is 9.87. The van der Waals surface area contributed by atoms with E-state index in [-0.39, 0.29) is 17.9 Å². The molecule has 0 spiro atoms. The van der Waals surface area contributed by atoms with Crippen LogP contribution in [0.15, 0.2) is 73.3 Å². The summed E-state index contributed by atoms with van der Waals surface area (Å²) in [5.74, 6) is 0.322. The molecule has 2 aromatic heterocycles. The number of hydrogen-bond donors (Lipinski definition) is 0. The summed E-state index contributed by atoms with van der Waals surface area (Å²) >= 11 is 0. The number of carbonyl (C=O) groups is 2. The Balaban J connectivity index is 1.53. The Kier molecular flexibility index (Phi) is 4.63. The topological polar surface area (TPSA) is 75.6 Å². The molecule has 30 heavy (non-hydrogen) atoms. The summed E-state index contributed by atoms with van der Waals surface area (Å²) in [6.07, 6.45) is 6.82. The Morgan fingerprint density at radius 1 is 1.03 bits per heavy atom. The molecule has 0 radical (unpaired) electrons. The average Bonchev–Trinajstić information content (AvgIpc) is 3.22. The number of anilines is 1. The van der Waals surface area contributed by atoms with E-state index in [2.05, 4.69) is 9.97 Å². The van der Waals surface area contributed by atoms with Crippen molar-refractivity contribution in [3.05, 3.63) is 84.4 Å². The fourth-order valence-electron chi connectivity index (χ4n) is 4.09. The second-order valence-corrected chi connectivity index (χ2v) is 7.44. The molecule has 4 heterocycles. The zero-order chi connectivity index (χ0) is 20.5. The van der Waals surface area contributed by atoms with E-state index in [1.165, 1.54) is 6.20 Å². The number of aromatic nitrogens is 2. The summed E-state index contributed by atoms with van der Waals surface area (Å²) in [6.45, 7) is 0.711. The summed E-state index contributed by atoms with van der Waals surface area (Å²) < 4.78 is 6.24. The van der Waals surface area contributed by atoms with Crippen molar-refractivity contribution in [3.8, 4) is 5.75 Å². The van der Waals surface area contributed by atoms with Crippen LogP contribution in [0.2, 0.25) is 0 Å². The molecule has 0 unspecified atom stereocenters. The number of carbonyl (C=O) groups excluding carboxylic acids is 2. The van der Waals surface area contributed by atoms with E-state index in [9.17, 15) is 9.59 Å². The largest absolute Gasteiger partial charge is 0.486 e. The van der Waals surface area contributed by atoms with Crippen LogP contribution in [0.3, 0.4) is 0 Å². The predicted octanol–water partition coefficient (Wildman–Crippen LogP) is 2.69. The molecule has 2 atom stereocenters. The highest BCUT2D eigenvalue weighted by Crippen LogP contribution is 2.37. The third-order valence-electron chi connectivity index (χ3n) is 5.50. The molecule has 1 fully saturated rings. The van der Waals surface area contributed by atoms with E-state index in [1.807, 2.05) is 36.4 Å². The lowest BCUT2D eigenvalue weighted by Crippen LogP contribution is -2.47. The third kappa shape index (κ3) is 3.28. The molecule has 7 nitrogen and oxygen atoms in total. The highest BCUT2D eigenvalue weighted by molar-refractivity contribution is 6.03. The van der Waals surface area contributed by atoms with Crippen LogP contribution >= 0.6 is 0 Å². The van der Waals surface area contributed by atoms with Gasteiger partial charge in [-0.25, -0.2) is 0 Å². The number of amides is 2. The number of likely N-dealkylation sites (tertiary alicyclic amines) is 1. The van der Waals surface area contributed by atoms with E-state index in [4.69, 9.17) is 4.74 Å². The first-order valence-corrected chi connectivity index (χ1v) is 9.87. The Labute approximate surface area is 173 Å². The van der Waals surface area contributed by atoms with Gasteiger partial charge in [0.15, 0.2) is 0 Å². The van der Waals surface area contributed by atoms with Gasteiger partial charge in [0.25, 0.3) is 5.91 Å². The molecule has 7 heteroatoms. The Morgan fingerprint density at radius 2 is 1.83 bits per heavy atom. The fourth-order valence-corrected chi connectivity index (χ4v) is 4.09. The van der Waals surface area contributed by atoms with Crippen molar-refractivity contribution in [1.82, 2.24) is 14.9 Å². The summed E-state index contributed by atoms with van der Waals surface area (Å²) in [6, 6.07) is 14.1. The Morgan fingerprint density at radius 3 is 2.60 bits per heavy atom. The maximum absolute atomic E-state index is 13.7. The lowest BCUT2D eigenvalue weighted by molar-refractivity contribution is -0.122. The number of fused-ring (bicyclic) bond motifs is 3. The number of ether oxygens (including phenoxy) is 1. The number of hydrogen-bond acceptors (Lipinski definition) is 5. The summed E-state index contributed by atoms with van der Waals surface area (Å²) in [5.41, 5.74) is 2.07. The lowest BCUT2D eigenvalue weighted by atomic mass is 10.1. The zero-order valence-corrected chi connectivity index (χ0v) is 16.2. The van der Waals surface area contributed by atoms with Gasteiger partial charge in [-0.3, -0.25) is 19.6 Å². The van der Waals surface area contributed by atoms with Crippen LogP contribution in [-0.2, 0) is 11.3 Å². The molecule has 0 N–H and O–H groups in total. The van der Waals surface area contributed by atoms with Gasteiger partial charge in [-0.15, -0.1) is 0 Å². The van der Waals surface area contributed by atoms with Gasteiger partial charge < -0.3 is 14.5 Å². The van der Waals surface area contributed by atoms with Gasteiger partial charge in [0.05, 0.1) is 24.3 Å². The maximum Gasteiger partial charge on any atom is 0.256 e. The van der Waals surface area contributed by atoms with Gasteiger partial charge in [0, 0.05) is 31.2 Å². The molecule has 1 saturated heterocycles. The number of para-hydroxylation sites is 2. The molecule has 2 aliphatic rings. The molecule has 5 rings (SSSR count). The maximum atomic E-state index is 13.7. The van der Waals surface area contributed by atoms with Gasteiger partial charge in [-0.2, -0.15) is 0 Å². The smallest absolute Gasteiger partial charge is 0.256 e. The van der Waals surface area contributed by atoms with Gasteiger partial charge in [0.1, 0.15) is 17.9 Å². The molecule has 2 amide bonds. The van der Waals surface area contributed by atoms with E-state index >= 15 is 0 Å². The standard InChI is InChI=1S/C23H20N4O3/c28-22(17-6-4-10-25-13-17)27-15-18-11-20(27)23(29)26(14-16-5-3-9-24-12-16)19-7-1-2-8-21(19)30-18/h1-10,12-13,18,20H,11,14-15H2/t18-,20-/m0/s1. The molecule has 2 aliphatic heterocycles. The fraction of sp³-hybridized carbons (Fsp3) is 0.217. The van der Waals surface area contributed by atoms with E-state index in [0.29, 0.717) is 36.5 Å². The van der Waals surface area contributed by atoms with Gasteiger partial charge in [-0.1, -0.05) is 18.2 Å². The second-order valence-electron chi connectivity index (χ2n) is 7.44. The van der Waals surface area contributed by atoms with Gasteiger partial charge in [-0.05, 0) is 35.9 Å². The van der Waals surface area contributed by atoms with Crippen LogP contribution in [0.5, 0.6) is 5.75 Å². The SMILES string of the molecule is O=C1[C@@H]2C[C@@H](CN2C(=O)c2cccnc2)Oc2ccccc2N1Cc1cccnc1. The molecule has 150 valence electrons. The van der Waals surface area contributed by atoms with Crippen molar-refractivity contribution in [2.24, 2.45) is 0 Å². The van der Waals surface area contributed by atoms with Crippen molar-refractivity contribution >= 4 is 17.5 Å². The van der Waals surface area contributed by atoms with Crippen molar-refractivity contribution in [1.29, 1.82) is 0 Å². The minimum absolute atomic E-state index is 0.116. The van der Waals surface area contributed by atoms with Crippen molar-refractivity contribution in [2.75, 3.05) is 11.4 Å². The Hall–Kier alpha value is -3.74. The average molecular weight is 400 g/mol. The van der Waals surface area contributed by atoms with Crippen LogP contribution < -0.4 is 9.64 Å². The van der Waals surface area contributed by atoms with Crippen molar-refractivity contribution in [2.45, 2.75) is 25.1 Å². The second kappa shape index (κ2) is 7.59. The lowest BCUT2D eigenvalue weighted by Gasteiger charge is -2.31. The van der Waals surface area contributed by atoms with Crippen LogP contribution in [0.4, 0.5) is 5.69 Å². The molecule has 1 aromatic carbocycles. The van der Waals surface area contributed by atoms with Crippen LogP contribution in [0.1, 0.15) is 22.3 Å². The molecule has 3 aromatic rings. The number of rotatable bonds is 3. The van der Waals surface area contributed by atoms with Crippen LogP contribution in [0, 0.1) is 0 Å². The minimum Gasteiger partial charge on any atom is -0.486 e. The number of nitrogens with zero attached hydrogens (tertiary/aromatic N) is 4. The molecular weight excluding hydrogens is 380 g/mol. The summed E-state index contributed by atoms with van der Waals surface area (Å²) in [7, 11) is 0. The van der Waals surface area contributed by atoms with E-state index in [1.54, 1.807) is 40.5 Å². The van der Waals surface area contributed by atoms with Gasteiger partial charge >= 0.3 is 0 Å². The van der Waals surface area contributed by atoms with Crippen molar-refractivity contribution < 1.29 is 14.3 Å². The van der Waals surface area contributed by atoms with Gasteiger partial charge in [0.2, 0.25) is 5.91 Å². The molecule has 2 bridgehead atoms. The van der Waals surface area contributed by atoms with Crippen molar-refractivity contribution in [3.63, 3.8) is 0 Å². The first-order chi connectivity index (χ1) is 14.7. The normalized spacial score (nSPS) is 20.2. The Bertz CT molecular complexity index is 1070. The molecule has 0 aliphatic carbocycles. The van der Waals surface area contributed by atoms with Crippen LogP contribution in [0.25, 0.3) is 0 Å². The van der Waals surface area contributed by atoms with E-state index < -0.39 is 6.04 Å². The summed E-state index contributed by atoms with van der Waals surface area (Å²) in [5, 5.41) is 0. The predicted molar refractivity (Wildman–Crippen MR) is 110 cm³/mol. The third-order valence-corrected chi connectivity index (χ3v) is 5.50. The van der Waals surface area contributed by atoms with E-state index in [0.717, 1.165) is 5.56 Å². The zero-order valence-electron chi connectivity index (χ0n) is 16.2. The quantitative estimate of drug-likeness (QED) is 0.676.